The lowest BCUT2D eigenvalue weighted by Gasteiger charge is -2.20. The van der Waals surface area contributed by atoms with E-state index in [1.54, 1.807) is 12.1 Å². The summed E-state index contributed by atoms with van der Waals surface area (Å²) in [5.41, 5.74) is 1.83. The molecule has 0 bridgehead atoms. The van der Waals surface area contributed by atoms with Crippen LogP contribution in [0.3, 0.4) is 0 Å². The van der Waals surface area contributed by atoms with Crippen LogP contribution in [0.15, 0.2) is 42.0 Å². The zero-order valence-corrected chi connectivity index (χ0v) is 10.3. The van der Waals surface area contributed by atoms with Gasteiger partial charge in [0.25, 0.3) is 0 Å². The van der Waals surface area contributed by atoms with Crippen LogP contribution in [0.5, 0.6) is 0 Å². The third-order valence-corrected chi connectivity index (χ3v) is 4.10. The van der Waals surface area contributed by atoms with Crippen molar-refractivity contribution in [2.75, 3.05) is 0 Å². The summed E-state index contributed by atoms with van der Waals surface area (Å²) in [5, 5.41) is 0. The van der Waals surface area contributed by atoms with Gasteiger partial charge in [-0.2, -0.15) is 0 Å². The third kappa shape index (κ3) is 1.33. The molecule has 2 aliphatic carbocycles. The van der Waals surface area contributed by atoms with Gasteiger partial charge in [-0.25, -0.2) is 0 Å². The summed E-state index contributed by atoms with van der Waals surface area (Å²) in [6.07, 6.45) is 5.82. The summed E-state index contributed by atoms with van der Waals surface area (Å²) in [6.45, 7) is 0. The Kier molecular flexibility index (Phi) is 2.07. The first-order valence-corrected chi connectivity index (χ1v) is 6.53. The summed E-state index contributed by atoms with van der Waals surface area (Å²) in [4.78, 5) is 24.5. The van der Waals surface area contributed by atoms with Gasteiger partial charge in [0.05, 0.1) is 5.57 Å². The van der Waals surface area contributed by atoms with Crippen molar-refractivity contribution in [3.05, 3.63) is 53.1 Å². The Morgan fingerprint density at radius 2 is 1.84 bits per heavy atom. The molecule has 0 fully saturated rings. The van der Waals surface area contributed by atoms with Crippen LogP contribution in [0, 0.1) is 5.92 Å². The van der Waals surface area contributed by atoms with Crippen LogP contribution in [0.2, 0.25) is 0 Å². The number of allylic oxidation sites excluding steroid dienone is 1. The van der Waals surface area contributed by atoms with E-state index >= 15 is 0 Å². The molecule has 0 saturated heterocycles. The van der Waals surface area contributed by atoms with Crippen molar-refractivity contribution in [3.8, 4) is 0 Å². The highest BCUT2D eigenvalue weighted by Crippen LogP contribution is 2.45. The molecule has 3 heteroatoms. The lowest BCUT2D eigenvalue weighted by molar-refractivity contribution is -0.112. The molecule has 1 aromatic carbocycles. The van der Waals surface area contributed by atoms with Crippen LogP contribution >= 0.6 is 0 Å². The molecule has 0 spiro atoms. The third-order valence-electron chi connectivity index (χ3n) is 4.10. The van der Waals surface area contributed by atoms with E-state index in [-0.39, 0.29) is 17.8 Å². The number of benzene rings is 1. The van der Waals surface area contributed by atoms with Gasteiger partial charge in [-0.1, -0.05) is 30.3 Å². The van der Waals surface area contributed by atoms with E-state index in [2.05, 4.69) is 6.08 Å². The molecule has 3 nitrogen and oxygen atoms in total. The maximum absolute atomic E-state index is 12.3. The second-order valence-corrected chi connectivity index (χ2v) is 5.14. The van der Waals surface area contributed by atoms with Gasteiger partial charge in [-0.15, -0.1) is 0 Å². The average molecular weight is 252 g/mol. The smallest absolute Gasteiger partial charge is 0.234 e. The number of fused-ring (bicyclic) bond motifs is 4. The molecule has 0 radical (unpaired) electrons. The maximum atomic E-state index is 12.3. The number of hydrogen-bond donors (Lipinski definition) is 0. The van der Waals surface area contributed by atoms with Crippen LogP contribution in [0.1, 0.15) is 28.8 Å². The molecule has 3 aliphatic rings. The zero-order chi connectivity index (χ0) is 13.0. The number of hydrogen-bond acceptors (Lipinski definition) is 3. The molecule has 19 heavy (non-hydrogen) atoms. The Balaban J connectivity index is 1.94. The SMILES string of the molecule is O=C1C(=O)c2ccccc2C2=C1C1CCC=CC1O2. The van der Waals surface area contributed by atoms with Gasteiger partial charge in [-0.05, 0) is 18.9 Å². The topological polar surface area (TPSA) is 43.4 Å². The maximum Gasteiger partial charge on any atom is 0.234 e. The highest BCUT2D eigenvalue weighted by atomic mass is 16.5. The standard InChI is InChI=1S/C16H12O3/c17-14-9-5-1-2-6-10(9)16-13(15(14)18)11-7-3-4-8-12(11)19-16/h1-2,4-6,8,11-12H,3,7H2. The Bertz CT molecular complexity index is 666. The molecule has 0 N–H and O–H groups in total. The van der Waals surface area contributed by atoms with E-state index in [9.17, 15) is 9.59 Å². The highest BCUT2D eigenvalue weighted by Gasteiger charge is 2.45. The van der Waals surface area contributed by atoms with E-state index in [4.69, 9.17) is 4.74 Å². The van der Waals surface area contributed by atoms with E-state index in [0.717, 1.165) is 18.4 Å². The van der Waals surface area contributed by atoms with E-state index in [1.807, 2.05) is 18.2 Å². The van der Waals surface area contributed by atoms with Crippen molar-refractivity contribution >= 4 is 17.3 Å². The summed E-state index contributed by atoms with van der Waals surface area (Å²) in [5.74, 6) is -0.101. The molecule has 4 rings (SSSR count). The first-order chi connectivity index (χ1) is 9.27. The molecular weight excluding hydrogens is 240 g/mol. The summed E-state index contributed by atoms with van der Waals surface area (Å²) < 4.78 is 5.93. The molecule has 0 saturated carbocycles. The predicted molar refractivity (Wildman–Crippen MR) is 69.4 cm³/mol. The number of carbonyl (C=O) groups excluding carboxylic acids is 2. The Morgan fingerprint density at radius 3 is 2.68 bits per heavy atom. The number of ketones is 2. The van der Waals surface area contributed by atoms with Gasteiger partial charge < -0.3 is 4.74 Å². The predicted octanol–water partition coefficient (Wildman–Crippen LogP) is 2.53. The highest BCUT2D eigenvalue weighted by molar-refractivity contribution is 6.52. The van der Waals surface area contributed by atoms with Crippen molar-refractivity contribution < 1.29 is 14.3 Å². The molecule has 1 heterocycles. The quantitative estimate of drug-likeness (QED) is 0.526. The largest absolute Gasteiger partial charge is 0.485 e. The van der Waals surface area contributed by atoms with Crippen LogP contribution in [0.25, 0.3) is 5.76 Å². The Morgan fingerprint density at radius 1 is 1.05 bits per heavy atom. The van der Waals surface area contributed by atoms with Gasteiger partial charge in [0.15, 0.2) is 0 Å². The van der Waals surface area contributed by atoms with Gasteiger partial charge in [0.1, 0.15) is 11.9 Å². The molecule has 2 atom stereocenters. The van der Waals surface area contributed by atoms with Crippen LogP contribution < -0.4 is 0 Å². The summed E-state index contributed by atoms with van der Waals surface area (Å²) in [6, 6.07) is 7.20. The van der Waals surface area contributed by atoms with E-state index in [1.165, 1.54) is 0 Å². The second-order valence-electron chi connectivity index (χ2n) is 5.14. The van der Waals surface area contributed by atoms with Crippen LogP contribution in [0.4, 0.5) is 0 Å². The Hall–Kier alpha value is -2.16. The first kappa shape index (κ1) is 10.7. The zero-order valence-electron chi connectivity index (χ0n) is 10.3. The van der Waals surface area contributed by atoms with Crippen molar-refractivity contribution in [3.63, 3.8) is 0 Å². The number of Topliss-reactive ketones (excluding diaryl/α,β-unsaturated/α-hetero) is 2. The number of ether oxygens (including phenoxy) is 1. The van der Waals surface area contributed by atoms with Gasteiger partial charge in [0.2, 0.25) is 11.6 Å². The minimum Gasteiger partial charge on any atom is -0.485 e. The molecule has 0 amide bonds. The van der Waals surface area contributed by atoms with Gasteiger partial charge in [0, 0.05) is 17.0 Å². The van der Waals surface area contributed by atoms with Crippen molar-refractivity contribution in [1.29, 1.82) is 0 Å². The van der Waals surface area contributed by atoms with E-state index in [0.29, 0.717) is 16.9 Å². The van der Waals surface area contributed by atoms with Crippen LogP contribution in [-0.2, 0) is 9.53 Å². The second kappa shape index (κ2) is 3.67. The minimum atomic E-state index is -0.395. The van der Waals surface area contributed by atoms with Crippen LogP contribution in [-0.4, -0.2) is 17.7 Å². The average Bonchev–Trinajstić information content (AvgIpc) is 2.84. The fourth-order valence-corrected chi connectivity index (χ4v) is 3.21. The molecule has 0 aromatic heterocycles. The number of rotatable bonds is 0. The molecule has 1 aliphatic heterocycles. The van der Waals surface area contributed by atoms with Gasteiger partial charge in [-0.3, -0.25) is 9.59 Å². The minimum absolute atomic E-state index is 0.0461. The van der Waals surface area contributed by atoms with Crippen molar-refractivity contribution in [1.82, 2.24) is 0 Å². The van der Waals surface area contributed by atoms with Gasteiger partial charge >= 0.3 is 0 Å². The normalized spacial score (nSPS) is 27.8. The molecule has 94 valence electrons. The lowest BCUT2D eigenvalue weighted by atomic mass is 9.79. The van der Waals surface area contributed by atoms with Crippen molar-refractivity contribution in [2.45, 2.75) is 18.9 Å². The molecule has 2 unspecified atom stereocenters. The fourth-order valence-electron chi connectivity index (χ4n) is 3.21. The first-order valence-electron chi connectivity index (χ1n) is 6.53. The number of carbonyl (C=O) groups is 2. The monoisotopic (exact) mass is 252 g/mol. The van der Waals surface area contributed by atoms with Crippen molar-refractivity contribution in [2.24, 2.45) is 5.92 Å². The summed E-state index contributed by atoms with van der Waals surface area (Å²) in [7, 11) is 0. The van der Waals surface area contributed by atoms with E-state index < -0.39 is 5.78 Å². The molecular formula is C16H12O3. The lowest BCUT2D eigenvalue weighted by Crippen LogP contribution is -2.27. The summed E-state index contributed by atoms with van der Waals surface area (Å²) >= 11 is 0. The Labute approximate surface area is 110 Å². The molecule has 1 aromatic rings. The fraction of sp³-hybridized carbons (Fsp3) is 0.250.